The number of benzene rings is 1. The quantitative estimate of drug-likeness (QED) is 0.653. The lowest BCUT2D eigenvalue weighted by Gasteiger charge is -2.22. The molecule has 128 valence electrons. The number of carbonyl (C=O) groups is 2. The molecule has 0 aromatic heterocycles. The Hall–Kier alpha value is -2.08. The van der Waals surface area contributed by atoms with E-state index in [1.807, 2.05) is 44.2 Å². The lowest BCUT2D eigenvalue weighted by atomic mass is 10.3. The van der Waals surface area contributed by atoms with Crippen LogP contribution in [0.4, 0.5) is 0 Å². The van der Waals surface area contributed by atoms with Gasteiger partial charge in [-0.2, -0.15) is 0 Å². The summed E-state index contributed by atoms with van der Waals surface area (Å²) in [5, 5.41) is 2.78. The molecule has 23 heavy (non-hydrogen) atoms. The van der Waals surface area contributed by atoms with Gasteiger partial charge in [0.05, 0.1) is 19.6 Å². The maximum atomic E-state index is 11.9. The first-order valence-corrected chi connectivity index (χ1v) is 7.97. The Bertz CT molecular complexity index is 475. The molecule has 0 unspecified atom stereocenters. The smallest absolute Gasteiger partial charge is 0.236 e. The molecule has 0 radical (unpaired) electrons. The molecular formula is C17H27N3O3. The Morgan fingerprint density at radius 2 is 1.74 bits per heavy atom. The standard InChI is InChI=1S/C17H27N3O3/c1-4-20(5-2)17(22)14-19(3)13-16(21)18-11-12-23-15-9-7-6-8-10-15/h6-10H,4-5,11-14H2,1-3H3,(H,18,21). The lowest BCUT2D eigenvalue weighted by molar-refractivity contribution is -0.132. The van der Waals surface area contributed by atoms with Crippen LogP contribution in [0.5, 0.6) is 5.75 Å². The van der Waals surface area contributed by atoms with E-state index in [9.17, 15) is 9.59 Å². The van der Waals surface area contributed by atoms with Crippen LogP contribution in [0, 0.1) is 0 Å². The number of hydrogen-bond donors (Lipinski definition) is 1. The van der Waals surface area contributed by atoms with Gasteiger partial charge in [-0.15, -0.1) is 0 Å². The van der Waals surface area contributed by atoms with E-state index >= 15 is 0 Å². The highest BCUT2D eigenvalue weighted by Gasteiger charge is 2.14. The summed E-state index contributed by atoms with van der Waals surface area (Å²) in [6.07, 6.45) is 0. The zero-order chi connectivity index (χ0) is 17.1. The van der Waals surface area contributed by atoms with Crippen molar-refractivity contribution < 1.29 is 14.3 Å². The molecule has 0 bridgehead atoms. The Morgan fingerprint density at radius 3 is 2.35 bits per heavy atom. The Balaban J connectivity index is 2.19. The zero-order valence-corrected chi connectivity index (χ0v) is 14.2. The normalized spacial score (nSPS) is 10.4. The third kappa shape index (κ3) is 7.65. The van der Waals surface area contributed by atoms with Crippen molar-refractivity contribution in [3.8, 4) is 5.75 Å². The van der Waals surface area contributed by atoms with Crippen LogP contribution in [-0.4, -0.2) is 68.0 Å². The zero-order valence-electron chi connectivity index (χ0n) is 14.2. The van der Waals surface area contributed by atoms with Gasteiger partial charge in [-0.25, -0.2) is 0 Å². The number of para-hydroxylation sites is 1. The lowest BCUT2D eigenvalue weighted by Crippen LogP contribution is -2.43. The summed E-state index contributed by atoms with van der Waals surface area (Å²) in [6, 6.07) is 9.46. The number of amides is 2. The highest BCUT2D eigenvalue weighted by atomic mass is 16.5. The van der Waals surface area contributed by atoms with Gasteiger partial charge in [0.25, 0.3) is 0 Å². The maximum absolute atomic E-state index is 11.9. The third-order valence-electron chi connectivity index (χ3n) is 3.37. The summed E-state index contributed by atoms with van der Waals surface area (Å²) in [5.74, 6) is 0.706. The van der Waals surface area contributed by atoms with Crippen LogP contribution in [0.1, 0.15) is 13.8 Å². The Labute approximate surface area is 138 Å². The average Bonchev–Trinajstić information content (AvgIpc) is 2.53. The van der Waals surface area contributed by atoms with Crippen molar-refractivity contribution in [2.24, 2.45) is 0 Å². The molecule has 6 nitrogen and oxygen atoms in total. The fourth-order valence-electron chi connectivity index (χ4n) is 2.14. The molecule has 0 aliphatic heterocycles. The van der Waals surface area contributed by atoms with Crippen LogP contribution in [0.2, 0.25) is 0 Å². The molecule has 0 saturated heterocycles. The van der Waals surface area contributed by atoms with Crippen molar-refractivity contribution in [2.45, 2.75) is 13.8 Å². The molecule has 0 spiro atoms. The first kappa shape index (κ1) is 19.0. The predicted octanol–water partition coefficient (Wildman–Crippen LogP) is 0.982. The number of rotatable bonds is 10. The molecule has 1 N–H and O–H groups in total. The molecule has 0 atom stereocenters. The fraction of sp³-hybridized carbons (Fsp3) is 0.529. The van der Waals surface area contributed by atoms with Crippen molar-refractivity contribution >= 4 is 11.8 Å². The molecule has 0 fully saturated rings. The van der Waals surface area contributed by atoms with Gasteiger partial charge in [0.15, 0.2) is 0 Å². The number of nitrogens with one attached hydrogen (secondary N) is 1. The van der Waals surface area contributed by atoms with E-state index in [1.165, 1.54) is 0 Å². The highest BCUT2D eigenvalue weighted by Crippen LogP contribution is 2.07. The van der Waals surface area contributed by atoms with Crippen LogP contribution >= 0.6 is 0 Å². The van der Waals surface area contributed by atoms with E-state index in [-0.39, 0.29) is 24.9 Å². The van der Waals surface area contributed by atoms with Crippen LogP contribution in [0.25, 0.3) is 0 Å². The molecule has 0 aliphatic rings. The first-order chi connectivity index (χ1) is 11.1. The van der Waals surface area contributed by atoms with Crippen LogP contribution in [-0.2, 0) is 9.59 Å². The second-order valence-electron chi connectivity index (χ2n) is 5.25. The minimum absolute atomic E-state index is 0.0395. The Morgan fingerprint density at radius 1 is 1.09 bits per heavy atom. The monoisotopic (exact) mass is 321 g/mol. The van der Waals surface area contributed by atoms with E-state index in [2.05, 4.69) is 5.32 Å². The highest BCUT2D eigenvalue weighted by molar-refractivity contribution is 5.81. The van der Waals surface area contributed by atoms with Gasteiger partial charge in [-0.05, 0) is 33.0 Å². The summed E-state index contributed by atoms with van der Waals surface area (Å²) >= 11 is 0. The number of hydrogen-bond acceptors (Lipinski definition) is 4. The molecule has 1 rings (SSSR count). The molecule has 1 aromatic rings. The molecule has 1 aromatic carbocycles. The van der Waals surface area contributed by atoms with Crippen LogP contribution in [0.3, 0.4) is 0 Å². The van der Waals surface area contributed by atoms with Crippen LogP contribution < -0.4 is 10.1 Å². The predicted molar refractivity (Wildman–Crippen MR) is 90.4 cm³/mol. The second kappa shape index (κ2) is 10.6. The number of nitrogens with zero attached hydrogens (tertiary/aromatic N) is 2. The van der Waals surface area contributed by atoms with E-state index in [0.29, 0.717) is 26.2 Å². The van der Waals surface area contributed by atoms with Gasteiger partial charge in [0, 0.05) is 13.1 Å². The van der Waals surface area contributed by atoms with Gasteiger partial charge >= 0.3 is 0 Å². The summed E-state index contributed by atoms with van der Waals surface area (Å²) in [6.45, 7) is 6.55. The Kier molecular flexibility index (Phi) is 8.75. The third-order valence-corrected chi connectivity index (χ3v) is 3.37. The van der Waals surface area contributed by atoms with Crippen molar-refractivity contribution in [1.29, 1.82) is 0 Å². The van der Waals surface area contributed by atoms with Gasteiger partial charge in [0.1, 0.15) is 12.4 Å². The minimum Gasteiger partial charge on any atom is -0.492 e. The van der Waals surface area contributed by atoms with E-state index in [0.717, 1.165) is 5.75 Å². The summed E-state index contributed by atoms with van der Waals surface area (Å²) < 4.78 is 5.50. The molecule has 2 amide bonds. The molecule has 0 saturated carbocycles. The summed E-state index contributed by atoms with van der Waals surface area (Å²) in [5.41, 5.74) is 0. The van der Waals surface area contributed by atoms with Crippen molar-refractivity contribution in [1.82, 2.24) is 15.1 Å². The van der Waals surface area contributed by atoms with Crippen molar-refractivity contribution in [2.75, 3.05) is 46.4 Å². The van der Waals surface area contributed by atoms with Gasteiger partial charge in [-0.1, -0.05) is 18.2 Å². The van der Waals surface area contributed by atoms with Crippen molar-refractivity contribution in [3.63, 3.8) is 0 Å². The second-order valence-corrected chi connectivity index (χ2v) is 5.25. The van der Waals surface area contributed by atoms with Gasteiger partial charge in [0.2, 0.25) is 11.8 Å². The van der Waals surface area contributed by atoms with Gasteiger partial charge < -0.3 is 15.0 Å². The summed E-state index contributed by atoms with van der Waals surface area (Å²) in [7, 11) is 1.77. The van der Waals surface area contributed by atoms with Crippen LogP contribution in [0.15, 0.2) is 30.3 Å². The SMILES string of the molecule is CCN(CC)C(=O)CN(C)CC(=O)NCCOc1ccccc1. The average molecular weight is 321 g/mol. The maximum Gasteiger partial charge on any atom is 0.236 e. The molecule has 0 heterocycles. The number of carbonyl (C=O) groups excluding carboxylic acids is 2. The van der Waals surface area contributed by atoms with E-state index in [4.69, 9.17) is 4.74 Å². The topological polar surface area (TPSA) is 61.9 Å². The van der Waals surface area contributed by atoms with Crippen molar-refractivity contribution in [3.05, 3.63) is 30.3 Å². The number of likely N-dealkylation sites (N-methyl/N-ethyl adjacent to an activating group) is 2. The first-order valence-electron chi connectivity index (χ1n) is 7.97. The molecule has 0 aliphatic carbocycles. The summed E-state index contributed by atoms with van der Waals surface area (Å²) in [4.78, 5) is 27.2. The van der Waals surface area contributed by atoms with E-state index in [1.54, 1.807) is 16.8 Å². The minimum atomic E-state index is -0.114. The molecule has 6 heteroatoms. The fourth-order valence-corrected chi connectivity index (χ4v) is 2.14. The van der Waals surface area contributed by atoms with Gasteiger partial charge in [-0.3, -0.25) is 14.5 Å². The largest absolute Gasteiger partial charge is 0.492 e. The van der Waals surface area contributed by atoms with E-state index < -0.39 is 0 Å². The molecular weight excluding hydrogens is 294 g/mol. The number of ether oxygens (including phenoxy) is 1.